The van der Waals surface area contributed by atoms with Crippen LogP contribution in [-0.4, -0.2) is 249 Å². The molecule has 0 radical (unpaired) electrons. The number of likely N-dealkylation sites (N-methyl/N-ethyl adjacent to an activating group) is 3. The van der Waals surface area contributed by atoms with Gasteiger partial charge in [-0.2, -0.15) is 29.9 Å². The molecule has 0 fully saturated rings. The minimum absolute atomic E-state index is 0.0798. The number of hydrogen-bond donors (Lipinski definition) is 8. The van der Waals surface area contributed by atoms with Gasteiger partial charge in [0.25, 0.3) is 29.3 Å². The molecule has 0 atom stereocenters. The van der Waals surface area contributed by atoms with Crippen molar-refractivity contribution in [1.82, 2.24) is 142 Å². The highest BCUT2D eigenvalue weighted by molar-refractivity contribution is 7.80. The highest BCUT2D eigenvalue weighted by Crippen LogP contribution is 2.36. The molecule has 17 heterocycles. The molecule has 0 saturated carbocycles. The van der Waals surface area contributed by atoms with Crippen LogP contribution < -0.4 is 53.8 Å². The first-order chi connectivity index (χ1) is 62.8. The lowest BCUT2D eigenvalue weighted by atomic mass is 9.98. The van der Waals surface area contributed by atoms with Gasteiger partial charge in [0.2, 0.25) is 17.8 Å². The normalized spacial score (nSPS) is 14.4. The number of rotatable bonds is 11. The molecule has 0 unspecified atom stereocenters. The molecule has 12 aromatic heterocycles. The predicted molar refractivity (Wildman–Crippen MR) is 487 cm³/mol. The Morgan fingerprint density at radius 3 is 1.61 bits per heavy atom. The summed E-state index contributed by atoms with van der Waals surface area (Å²) in [4.78, 5) is 138. The van der Waals surface area contributed by atoms with Crippen molar-refractivity contribution in [3.8, 4) is 11.1 Å². The van der Waals surface area contributed by atoms with Crippen LogP contribution in [0.25, 0.3) is 22.4 Å². The average molecular weight is 1840 g/mol. The molecule has 18 rings (SSSR count). The number of esters is 1. The number of alkyl carbamates (subject to hydrolysis) is 1. The maximum atomic E-state index is 13.9. The summed E-state index contributed by atoms with van der Waals surface area (Å²) < 4.78 is 39.6. The number of nitrogens with one attached hydrogen (secondary N) is 6. The summed E-state index contributed by atoms with van der Waals surface area (Å²) in [5, 5.41) is 40.7. The number of nitrogens with two attached hydrogens (primary N) is 2. The number of aromatic nitrogens is 25. The van der Waals surface area contributed by atoms with Crippen LogP contribution in [0.4, 0.5) is 72.2 Å². The van der Waals surface area contributed by atoms with Crippen LogP contribution in [0.1, 0.15) is 152 Å². The Kier molecular flexibility index (Phi) is 31.5. The van der Waals surface area contributed by atoms with Crippen LogP contribution in [0.2, 0.25) is 0 Å². The maximum Gasteiger partial charge on any atom is 0.414 e. The number of ether oxygens (including phenoxy) is 5. The first kappa shape index (κ1) is 96.4. The quantitative estimate of drug-likeness (QED) is 0.0364. The van der Waals surface area contributed by atoms with Gasteiger partial charge in [-0.25, -0.2) is 56.9 Å². The van der Waals surface area contributed by atoms with Gasteiger partial charge in [0.05, 0.1) is 64.5 Å². The van der Waals surface area contributed by atoms with E-state index < -0.39 is 47.1 Å². The Morgan fingerprint density at radius 2 is 1.05 bits per heavy atom. The van der Waals surface area contributed by atoms with E-state index in [0.717, 1.165) is 127 Å². The average Bonchev–Trinajstić information content (AvgIpc) is 1.55. The second-order valence-corrected chi connectivity index (χ2v) is 34.3. The van der Waals surface area contributed by atoms with Gasteiger partial charge in [0, 0.05) is 126 Å². The van der Waals surface area contributed by atoms with Crippen molar-refractivity contribution >= 4 is 118 Å². The third kappa shape index (κ3) is 27.4. The number of thiocarbonyl (C=S) groups is 1. The number of hydrogen-bond acceptors (Lipinski definition) is 36. The molecule has 702 valence electrons. The number of nitrogens with zero attached hydrogens (tertiary/aromatic N) is 29. The van der Waals surface area contributed by atoms with E-state index in [-0.39, 0.29) is 35.1 Å². The van der Waals surface area contributed by atoms with Gasteiger partial charge < -0.3 is 54.9 Å². The zero-order chi connectivity index (χ0) is 94.7. The molecular weight excluding hydrogens is 1730 g/mol. The summed E-state index contributed by atoms with van der Waals surface area (Å²) in [5.74, 6) is 5.74. The Labute approximate surface area is 763 Å². The Bertz CT molecular complexity index is 6020. The standard InChI is InChI=1S/C31H35N9O4.C11H19N5O2.C11H18N4O2.C10H13N5O2.C8H10N4O2S.C6H11N5.C5H5N5/c1-19(41)44-18-23-22(8-9-32-28(23)39-12-11-38-25-7-5-4-6-20(25)15-26(38)30(39)43)21-14-24(29(42)37(3)16-21)33-31-34-27-17-36(2)10-13-40(27)35-31;1-11(2,3)18-10(17)13-9-12-8-7-15(4)5-6-16(8)14-9;1-11(2,3)17-10(16)13-9-12-8-6-4-5-7-15(8)14-9;1-10(2,3)17-9(16)13-8-12-7-6-11-4-5-15(7)14-8;1-2-14-8(13)12-7(15)11-6-5-9-3-4-10-6;1-10-2-3-11-5(4-10)8-6(7)9-11;6-5-8-4-3-7-1-2-10(4)9-5/h8-9,14-16H,4-7,10-13,17-18H2,1-3H3,(H,33,35);5-7H2,1-4H3,(H,13,14,17);4-7H2,1-3H3,(H,13,14,16);4-6H,1-3H3,(H,13,14,16);3-5H,2H2,1H3,(H2,10,11,12,13,15);2-4H2,1H3,(H2,7,9);1-3H,(H2,6,9). The highest BCUT2D eigenvalue weighted by Gasteiger charge is 2.34. The van der Waals surface area contributed by atoms with Crippen molar-refractivity contribution in [2.45, 2.75) is 197 Å². The topological polar surface area (TPSA) is 560 Å². The van der Waals surface area contributed by atoms with Crippen molar-refractivity contribution in [2.24, 2.45) is 7.05 Å². The molecule has 0 aromatic carbocycles. The van der Waals surface area contributed by atoms with E-state index in [1.807, 2.05) is 86.5 Å². The van der Waals surface area contributed by atoms with Crippen molar-refractivity contribution in [1.29, 1.82) is 0 Å². The number of pyridine rings is 2. The van der Waals surface area contributed by atoms with Gasteiger partial charge in [0.15, 0.2) is 22.2 Å². The molecular formula is C82H111N37O12S. The number of nitrogen functional groups attached to an aromatic ring is 2. The fourth-order valence-electron chi connectivity index (χ4n) is 14.0. The zero-order valence-electron chi connectivity index (χ0n) is 76.4. The van der Waals surface area contributed by atoms with Gasteiger partial charge in [-0.05, 0) is 170 Å². The first-order valence-corrected chi connectivity index (χ1v) is 43.0. The summed E-state index contributed by atoms with van der Waals surface area (Å²) in [7, 11) is 7.80. The Morgan fingerprint density at radius 1 is 0.515 bits per heavy atom. The van der Waals surface area contributed by atoms with Crippen molar-refractivity contribution in [3.05, 3.63) is 143 Å². The SMILES string of the molecule is CC(=O)OCc1c(-c2cc(Nc3nc4n(n3)CCN(C)C4)c(=O)n(C)c2)ccnc1N1CCn2c(cc3c2CCCC3)C1=O.CC(C)(C)OC(=O)Nc1nc2cnccn2n1.CC(C)(C)OC(=O)Nc1nc2n(n1)CCCC2.CCOC(=O)NC(=S)Nc1cnccn1.CN1CCn2nc(N)nc2C1.CN1CCn2nc(NC(=O)OC(C)(C)C)nc2C1.Nc1nc2cnccn2n1. The van der Waals surface area contributed by atoms with E-state index in [4.69, 9.17) is 42.6 Å². The fourth-order valence-corrected chi connectivity index (χ4v) is 14.1. The van der Waals surface area contributed by atoms with Gasteiger partial charge in [-0.15, -0.1) is 30.6 Å². The number of anilines is 9. The van der Waals surface area contributed by atoms with Crippen molar-refractivity contribution < 1.29 is 52.5 Å². The number of fused-ring (bicyclic) bond motifs is 9. The molecule has 12 aromatic rings. The lowest BCUT2D eigenvalue weighted by Crippen LogP contribution is -2.41. The largest absolute Gasteiger partial charge is 0.461 e. The van der Waals surface area contributed by atoms with Gasteiger partial charge in [-0.3, -0.25) is 70.2 Å². The predicted octanol–water partition coefficient (Wildman–Crippen LogP) is 7.07. The molecule has 5 aliphatic heterocycles. The monoisotopic (exact) mass is 1840 g/mol. The second kappa shape index (κ2) is 43.2. The van der Waals surface area contributed by atoms with Crippen LogP contribution >= 0.6 is 12.2 Å². The summed E-state index contributed by atoms with van der Waals surface area (Å²) in [6.45, 7) is 29.0. The van der Waals surface area contributed by atoms with Crippen LogP contribution in [0.15, 0.2) is 91.2 Å². The van der Waals surface area contributed by atoms with Gasteiger partial charge in [-0.1, -0.05) is 0 Å². The molecule has 132 heavy (non-hydrogen) atoms. The molecule has 49 nitrogen and oxygen atoms in total. The second-order valence-electron chi connectivity index (χ2n) is 33.9. The minimum Gasteiger partial charge on any atom is -0.461 e. The van der Waals surface area contributed by atoms with Crippen molar-refractivity contribution in [3.63, 3.8) is 0 Å². The third-order valence-electron chi connectivity index (χ3n) is 19.6. The number of carbonyl (C=O) groups is 6. The molecule has 50 heteroatoms. The lowest BCUT2D eigenvalue weighted by molar-refractivity contribution is -0.142. The molecule has 6 aliphatic rings. The van der Waals surface area contributed by atoms with E-state index >= 15 is 0 Å². The first-order valence-electron chi connectivity index (χ1n) is 42.6. The minimum atomic E-state index is -0.598. The number of amides is 5. The highest BCUT2D eigenvalue weighted by atomic mass is 32.1. The van der Waals surface area contributed by atoms with E-state index in [2.05, 4.69) is 148 Å². The summed E-state index contributed by atoms with van der Waals surface area (Å²) in [6.07, 6.45) is 22.8. The third-order valence-corrected chi connectivity index (χ3v) is 19.9. The van der Waals surface area contributed by atoms with Gasteiger partial charge >= 0.3 is 30.3 Å². The maximum absolute atomic E-state index is 13.9. The van der Waals surface area contributed by atoms with E-state index in [1.54, 1.807) is 99.8 Å². The molecule has 1 aliphatic carbocycles. The molecule has 5 amide bonds. The number of carbonyl (C=O) groups excluding carboxylic acids is 6. The molecule has 0 spiro atoms. The van der Waals surface area contributed by atoms with Crippen LogP contribution in [-0.2, 0) is 114 Å². The number of aryl methyl sites for hydroxylation is 4. The van der Waals surface area contributed by atoms with E-state index in [9.17, 15) is 33.6 Å². The van der Waals surface area contributed by atoms with E-state index in [0.29, 0.717) is 101 Å². The van der Waals surface area contributed by atoms with Crippen molar-refractivity contribution in [2.75, 3.05) is 96.9 Å². The molecule has 0 bridgehead atoms. The Balaban J connectivity index is 0.000000150. The van der Waals surface area contributed by atoms with Crippen LogP contribution in [0.3, 0.4) is 0 Å². The van der Waals surface area contributed by atoms with E-state index in [1.165, 1.54) is 45.9 Å². The molecule has 10 N–H and O–H groups in total. The van der Waals surface area contributed by atoms with Crippen LogP contribution in [0.5, 0.6) is 0 Å². The van der Waals surface area contributed by atoms with Gasteiger partial charge in [0.1, 0.15) is 63.9 Å². The summed E-state index contributed by atoms with van der Waals surface area (Å²) >= 11 is 4.84. The Hall–Kier alpha value is -14.7. The van der Waals surface area contributed by atoms with Crippen LogP contribution in [0, 0.1) is 0 Å². The fraction of sp³-hybridized carbons (Fsp3) is 0.476. The zero-order valence-corrected chi connectivity index (χ0v) is 77.2. The lowest BCUT2D eigenvalue weighted by Gasteiger charge is -2.31. The smallest absolute Gasteiger partial charge is 0.414 e. The summed E-state index contributed by atoms with van der Waals surface area (Å²) in [5.41, 5.74) is 15.6. The molecule has 0 saturated heterocycles. The summed E-state index contributed by atoms with van der Waals surface area (Å²) in [6, 6.07) is 5.58.